The molecule has 2 fully saturated rings. The number of benzene rings is 1. The molecule has 2 aliphatic rings. The van der Waals surface area contributed by atoms with Crippen LogP contribution in [0.4, 0.5) is 11.4 Å². The molecule has 0 atom stereocenters. The van der Waals surface area contributed by atoms with Gasteiger partial charge in [0.05, 0.1) is 22.4 Å². The van der Waals surface area contributed by atoms with E-state index in [2.05, 4.69) is 20.2 Å². The minimum atomic E-state index is -0.218. The summed E-state index contributed by atoms with van der Waals surface area (Å²) in [6.07, 6.45) is 5.43. The minimum absolute atomic E-state index is 0.101. The van der Waals surface area contributed by atoms with Crippen LogP contribution in [0.2, 0.25) is 0 Å². The van der Waals surface area contributed by atoms with Crippen LogP contribution in [0, 0.1) is 5.92 Å². The second kappa shape index (κ2) is 5.19. The maximum absolute atomic E-state index is 12.3. The molecule has 0 bridgehead atoms. The lowest BCUT2D eigenvalue weighted by atomic mass is 9.85. The smallest absolute Gasteiger partial charge is 0.323 e. The van der Waals surface area contributed by atoms with Crippen molar-refractivity contribution in [3.8, 4) is 0 Å². The van der Waals surface area contributed by atoms with E-state index in [9.17, 15) is 9.59 Å². The molecule has 1 aromatic carbocycles. The second-order valence-corrected chi connectivity index (χ2v) is 6.31. The number of hydrogen-bond acceptors (Lipinski definition) is 3. The Balaban J connectivity index is 1.73. The van der Waals surface area contributed by atoms with Crippen LogP contribution >= 0.6 is 0 Å². The minimum Gasteiger partial charge on any atom is -0.370 e. The van der Waals surface area contributed by atoms with Crippen molar-refractivity contribution >= 4 is 28.3 Å². The molecule has 0 spiro atoms. The van der Waals surface area contributed by atoms with Crippen molar-refractivity contribution in [2.75, 3.05) is 23.3 Å². The van der Waals surface area contributed by atoms with E-state index < -0.39 is 0 Å². The summed E-state index contributed by atoms with van der Waals surface area (Å²) in [5.74, 6) is 0.247. The number of imidazole rings is 1. The van der Waals surface area contributed by atoms with Gasteiger partial charge in [-0.3, -0.25) is 4.79 Å². The fourth-order valence-electron chi connectivity index (χ4n) is 3.30. The second-order valence-electron chi connectivity index (χ2n) is 6.31. The first kappa shape index (κ1) is 13.4. The van der Waals surface area contributed by atoms with Gasteiger partial charge in [0, 0.05) is 19.0 Å². The average Bonchev–Trinajstić information content (AvgIpc) is 3.03. The van der Waals surface area contributed by atoms with E-state index >= 15 is 0 Å². The lowest BCUT2D eigenvalue weighted by Gasteiger charge is -2.26. The zero-order valence-corrected chi connectivity index (χ0v) is 12.4. The molecule has 2 heterocycles. The van der Waals surface area contributed by atoms with Gasteiger partial charge in [0.2, 0.25) is 5.91 Å². The highest BCUT2D eigenvalue weighted by molar-refractivity contribution is 5.99. The number of H-pyrrole nitrogens is 2. The van der Waals surface area contributed by atoms with Crippen LogP contribution < -0.4 is 15.9 Å². The Hall–Kier alpha value is -2.24. The van der Waals surface area contributed by atoms with Gasteiger partial charge in [0.25, 0.3) is 0 Å². The van der Waals surface area contributed by atoms with Crippen molar-refractivity contribution in [2.24, 2.45) is 5.92 Å². The maximum Gasteiger partial charge on any atom is 0.323 e. The molecule has 1 aliphatic heterocycles. The molecule has 4 rings (SSSR count). The summed E-state index contributed by atoms with van der Waals surface area (Å²) in [4.78, 5) is 31.6. The van der Waals surface area contributed by atoms with Crippen molar-refractivity contribution in [1.29, 1.82) is 0 Å². The number of carbonyl (C=O) groups is 1. The normalized spacial score (nSPS) is 18.6. The summed E-state index contributed by atoms with van der Waals surface area (Å²) in [6.45, 7) is 1.99. The first-order valence-electron chi connectivity index (χ1n) is 8.02. The number of nitrogens with one attached hydrogen (secondary N) is 3. The summed E-state index contributed by atoms with van der Waals surface area (Å²) >= 11 is 0. The third-order valence-electron chi connectivity index (χ3n) is 4.81. The summed E-state index contributed by atoms with van der Waals surface area (Å²) < 4.78 is 0. The van der Waals surface area contributed by atoms with Gasteiger partial charge in [-0.1, -0.05) is 6.42 Å². The summed E-state index contributed by atoms with van der Waals surface area (Å²) in [6, 6.07) is 3.84. The van der Waals surface area contributed by atoms with E-state index in [1.165, 1.54) is 0 Å². The molecule has 6 nitrogen and oxygen atoms in total. The molecule has 0 unspecified atom stereocenters. The van der Waals surface area contributed by atoms with Gasteiger partial charge in [0.1, 0.15) is 0 Å². The first-order chi connectivity index (χ1) is 10.7. The zero-order valence-electron chi connectivity index (χ0n) is 12.4. The van der Waals surface area contributed by atoms with Crippen LogP contribution in [0.3, 0.4) is 0 Å². The number of amides is 1. The topological polar surface area (TPSA) is 81.0 Å². The molecule has 116 valence electrons. The first-order valence-corrected chi connectivity index (χ1v) is 8.02. The molecule has 1 aromatic heterocycles. The summed E-state index contributed by atoms with van der Waals surface area (Å²) in [5.41, 5.74) is 3.12. The van der Waals surface area contributed by atoms with E-state index in [1.807, 2.05) is 12.1 Å². The van der Waals surface area contributed by atoms with Crippen LogP contribution in [0.15, 0.2) is 16.9 Å². The molecule has 1 saturated heterocycles. The van der Waals surface area contributed by atoms with Gasteiger partial charge < -0.3 is 20.2 Å². The van der Waals surface area contributed by atoms with Crippen molar-refractivity contribution in [2.45, 2.75) is 32.1 Å². The Labute approximate surface area is 127 Å². The van der Waals surface area contributed by atoms with Crippen molar-refractivity contribution in [3.05, 3.63) is 22.6 Å². The highest BCUT2D eigenvalue weighted by Crippen LogP contribution is 2.34. The summed E-state index contributed by atoms with van der Waals surface area (Å²) in [7, 11) is 0. The SMILES string of the molecule is O=C(Nc1cc2[nH]c(=O)[nH]c2cc1N1CCCC1)C1CCC1. The van der Waals surface area contributed by atoms with Crippen LogP contribution in [-0.4, -0.2) is 29.0 Å². The van der Waals surface area contributed by atoms with Gasteiger partial charge in [-0.05, 0) is 37.8 Å². The van der Waals surface area contributed by atoms with Crippen molar-refractivity contribution < 1.29 is 4.79 Å². The van der Waals surface area contributed by atoms with Gasteiger partial charge in [-0.15, -0.1) is 0 Å². The lowest BCUT2D eigenvalue weighted by Crippen LogP contribution is -2.29. The number of rotatable bonds is 3. The number of aromatic nitrogens is 2. The average molecular weight is 300 g/mol. The Kier molecular flexibility index (Phi) is 3.17. The Morgan fingerprint density at radius 1 is 1.09 bits per heavy atom. The maximum atomic E-state index is 12.3. The predicted octanol–water partition coefficient (Wildman–Crippen LogP) is 2.20. The predicted molar refractivity (Wildman–Crippen MR) is 86.3 cm³/mol. The molecule has 3 N–H and O–H groups in total. The van der Waals surface area contributed by atoms with E-state index in [-0.39, 0.29) is 17.5 Å². The Morgan fingerprint density at radius 3 is 2.41 bits per heavy atom. The molecule has 2 aromatic rings. The van der Waals surface area contributed by atoms with Gasteiger partial charge in [-0.25, -0.2) is 4.79 Å². The number of fused-ring (bicyclic) bond motifs is 1. The molecule has 1 amide bonds. The van der Waals surface area contributed by atoms with Crippen LogP contribution in [0.25, 0.3) is 11.0 Å². The van der Waals surface area contributed by atoms with Gasteiger partial charge in [-0.2, -0.15) is 0 Å². The molecule has 22 heavy (non-hydrogen) atoms. The fourth-order valence-corrected chi connectivity index (χ4v) is 3.30. The highest BCUT2D eigenvalue weighted by atomic mass is 16.2. The monoisotopic (exact) mass is 300 g/mol. The highest BCUT2D eigenvalue weighted by Gasteiger charge is 2.26. The van der Waals surface area contributed by atoms with Crippen molar-refractivity contribution in [1.82, 2.24) is 9.97 Å². The Bertz CT molecular complexity index is 766. The largest absolute Gasteiger partial charge is 0.370 e. The standard InChI is InChI=1S/C16H20N4O2/c21-15(10-4-3-5-10)17-13-8-11-12(19-16(22)18-11)9-14(13)20-6-1-2-7-20/h8-10H,1-7H2,(H,17,21)(H2,18,19,22). The van der Waals surface area contributed by atoms with Crippen LogP contribution in [0.1, 0.15) is 32.1 Å². The molecule has 1 saturated carbocycles. The fraction of sp³-hybridized carbons (Fsp3) is 0.500. The zero-order chi connectivity index (χ0) is 15.1. The van der Waals surface area contributed by atoms with E-state index in [4.69, 9.17) is 0 Å². The van der Waals surface area contributed by atoms with Gasteiger partial charge >= 0.3 is 5.69 Å². The number of hydrogen-bond donors (Lipinski definition) is 3. The van der Waals surface area contributed by atoms with E-state index in [0.29, 0.717) is 0 Å². The lowest BCUT2D eigenvalue weighted by molar-refractivity contribution is -0.122. The van der Waals surface area contributed by atoms with Crippen molar-refractivity contribution in [3.63, 3.8) is 0 Å². The molecule has 6 heteroatoms. The van der Waals surface area contributed by atoms with Gasteiger partial charge in [0.15, 0.2) is 0 Å². The molecular weight excluding hydrogens is 280 g/mol. The van der Waals surface area contributed by atoms with E-state index in [0.717, 1.165) is 67.6 Å². The number of nitrogens with zero attached hydrogens (tertiary/aromatic N) is 1. The summed E-state index contributed by atoms with van der Waals surface area (Å²) in [5, 5.41) is 3.07. The van der Waals surface area contributed by atoms with Crippen LogP contribution in [-0.2, 0) is 4.79 Å². The third kappa shape index (κ3) is 2.28. The third-order valence-corrected chi connectivity index (χ3v) is 4.81. The number of carbonyl (C=O) groups excluding carboxylic acids is 1. The molecule has 1 aliphatic carbocycles. The molecule has 0 radical (unpaired) electrons. The Morgan fingerprint density at radius 2 is 1.77 bits per heavy atom. The van der Waals surface area contributed by atoms with E-state index in [1.54, 1.807) is 0 Å². The number of anilines is 2. The molecular formula is C16H20N4O2. The number of aromatic amines is 2. The quantitative estimate of drug-likeness (QED) is 0.813. The van der Waals surface area contributed by atoms with Crippen LogP contribution in [0.5, 0.6) is 0 Å².